The van der Waals surface area contributed by atoms with Crippen LogP contribution >= 0.6 is 0 Å². The summed E-state index contributed by atoms with van der Waals surface area (Å²) in [5.74, 6) is -4.72. The molecule has 3 fully saturated rings. The average molecular weight is 528 g/mol. The third-order valence-electron chi connectivity index (χ3n) is 10.0. The number of ether oxygens (including phenoxy) is 1. The molecule has 4 aliphatic carbocycles. The van der Waals surface area contributed by atoms with Gasteiger partial charge < -0.3 is 14.9 Å². The molecule has 0 saturated heterocycles. The first-order valence-electron chi connectivity index (χ1n) is 12.7. The number of esters is 1. The van der Waals surface area contributed by atoms with E-state index in [2.05, 4.69) is 0 Å². The number of carboxylic acids is 1. The summed E-state index contributed by atoms with van der Waals surface area (Å²) in [6, 6.07) is 4.84. The maximum Gasteiger partial charge on any atom is 0.349 e. The zero-order valence-corrected chi connectivity index (χ0v) is 21.3. The lowest BCUT2D eigenvalue weighted by Gasteiger charge is -2.62. The normalized spacial score (nSPS) is 41.4. The Bertz CT molecular complexity index is 1320. The third kappa shape index (κ3) is 3.15. The number of ketones is 1. The van der Waals surface area contributed by atoms with Crippen molar-refractivity contribution < 1.29 is 38.6 Å². The van der Waals surface area contributed by atoms with Crippen LogP contribution < -0.4 is 0 Å². The summed E-state index contributed by atoms with van der Waals surface area (Å²) in [6.07, 6.45) is 3.35. The van der Waals surface area contributed by atoms with Crippen LogP contribution in [0.1, 0.15) is 56.8 Å². The number of alkyl halides is 1. The smallest absolute Gasteiger partial charge is 0.349 e. The first kappa shape index (κ1) is 26.2. The molecule has 0 heterocycles. The van der Waals surface area contributed by atoms with Crippen molar-refractivity contribution in [2.45, 2.75) is 63.8 Å². The molecule has 0 aromatic heterocycles. The molecule has 1 aromatic carbocycles. The highest BCUT2D eigenvalue weighted by molar-refractivity contribution is 6.01. The molecular weight excluding hydrogens is 497 g/mol. The number of hydrogen-bond donors (Lipinski definition) is 2. The molecular formula is C28H30FNO8. The van der Waals surface area contributed by atoms with Crippen LogP contribution in [0, 0.1) is 38.7 Å². The molecule has 10 heteroatoms. The minimum absolute atomic E-state index is 0.174. The monoisotopic (exact) mass is 527 g/mol. The zero-order chi connectivity index (χ0) is 27.8. The Kier molecular flexibility index (Phi) is 5.72. The van der Waals surface area contributed by atoms with Crippen LogP contribution in [0.3, 0.4) is 0 Å². The van der Waals surface area contributed by atoms with E-state index in [-0.39, 0.29) is 29.9 Å². The first-order chi connectivity index (χ1) is 17.7. The van der Waals surface area contributed by atoms with Crippen LogP contribution in [0.4, 0.5) is 10.1 Å². The fraction of sp³-hybridized carbons (Fsp3) is 0.536. The second kappa shape index (κ2) is 8.30. The number of aliphatic carboxylic acids is 1. The number of benzene rings is 1. The van der Waals surface area contributed by atoms with Gasteiger partial charge in [-0.3, -0.25) is 14.9 Å². The van der Waals surface area contributed by atoms with E-state index in [4.69, 9.17) is 4.74 Å². The van der Waals surface area contributed by atoms with Gasteiger partial charge in [-0.05, 0) is 56.7 Å². The van der Waals surface area contributed by atoms with Gasteiger partial charge in [-0.25, -0.2) is 14.0 Å². The topological polar surface area (TPSA) is 144 Å². The summed E-state index contributed by atoms with van der Waals surface area (Å²) in [7, 11) is 0. The zero-order valence-electron chi connectivity index (χ0n) is 21.3. The van der Waals surface area contributed by atoms with Crippen molar-refractivity contribution >= 4 is 23.4 Å². The average Bonchev–Trinajstić information content (AvgIpc) is 3.07. The fourth-order valence-corrected chi connectivity index (χ4v) is 8.20. The molecule has 4 aliphatic rings. The van der Waals surface area contributed by atoms with E-state index >= 15 is 4.39 Å². The summed E-state index contributed by atoms with van der Waals surface area (Å²) in [5.41, 5.74) is -6.73. The van der Waals surface area contributed by atoms with E-state index in [1.54, 1.807) is 20.8 Å². The Balaban J connectivity index is 1.57. The molecule has 0 bridgehead atoms. The van der Waals surface area contributed by atoms with Crippen molar-refractivity contribution in [2.24, 2.45) is 28.6 Å². The highest BCUT2D eigenvalue weighted by atomic mass is 19.1. The molecule has 1 aromatic rings. The summed E-state index contributed by atoms with van der Waals surface area (Å²) >= 11 is 0. The third-order valence-corrected chi connectivity index (χ3v) is 10.0. The van der Waals surface area contributed by atoms with Crippen molar-refractivity contribution in [2.75, 3.05) is 0 Å². The predicted octanol–water partition coefficient (Wildman–Crippen LogP) is 4.19. The van der Waals surface area contributed by atoms with Gasteiger partial charge in [0.2, 0.25) is 5.60 Å². The van der Waals surface area contributed by atoms with Crippen LogP contribution in [0.2, 0.25) is 0 Å². The van der Waals surface area contributed by atoms with Crippen molar-refractivity contribution in [1.29, 1.82) is 0 Å². The molecule has 38 heavy (non-hydrogen) atoms. The van der Waals surface area contributed by atoms with Gasteiger partial charge in [0.25, 0.3) is 5.69 Å². The fourth-order valence-electron chi connectivity index (χ4n) is 8.20. The molecule has 5 rings (SSSR count). The molecule has 8 atom stereocenters. The molecule has 9 nitrogen and oxygen atoms in total. The van der Waals surface area contributed by atoms with E-state index in [0.717, 1.165) is 6.07 Å². The van der Waals surface area contributed by atoms with Crippen LogP contribution in [0.5, 0.6) is 0 Å². The number of carbonyl (C=O) groups is 3. The largest absolute Gasteiger partial charge is 0.478 e. The molecule has 202 valence electrons. The number of aliphatic hydroxyl groups excluding tert-OH is 1. The molecule has 0 spiro atoms. The molecule has 3 saturated carbocycles. The van der Waals surface area contributed by atoms with E-state index in [0.29, 0.717) is 18.4 Å². The Morgan fingerprint density at radius 2 is 1.95 bits per heavy atom. The molecule has 0 amide bonds. The Hall–Kier alpha value is -3.40. The predicted molar refractivity (Wildman–Crippen MR) is 132 cm³/mol. The number of rotatable bonds is 4. The summed E-state index contributed by atoms with van der Waals surface area (Å²) in [5, 5.41) is 33.2. The number of carbonyl (C=O) groups excluding carboxylic acids is 2. The number of non-ortho nitro benzene ring substituents is 1. The van der Waals surface area contributed by atoms with Gasteiger partial charge in [-0.1, -0.05) is 31.6 Å². The number of hydrogen-bond acceptors (Lipinski definition) is 7. The highest BCUT2D eigenvalue weighted by Crippen LogP contribution is 2.71. The number of aliphatic hydroxyl groups is 1. The Labute approximate surface area is 218 Å². The second-order valence-electron chi connectivity index (χ2n) is 11.6. The van der Waals surface area contributed by atoms with Gasteiger partial charge >= 0.3 is 11.9 Å². The molecule has 0 radical (unpaired) electrons. The lowest BCUT2D eigenvalue weighted by Crippen LogP contribution is -2.69. The molecule has 2 N–H and O–H groups in total. The van der Waals surface area contributed by atoms with Gasteiger partial charge in [-0.2, -0.15) is 0 Å². The minimum Gasteiger partial charge on any atom is -0.478 e. The number of nitrogens with zero attached hydrogens (tertiary/aromatic N) is 1. The van der Waals surface area contributed by atoms with Crippen molar-refractivity contribution in [3.05, 3.63) is 63.7 Å². The highest BCUT2D eigenvalue weighted by Gasteiger charge is 2.77. The standard InChI is InChI=1S/C28H30FNO8/c1-15-11-21-20-8-7-17-13-19(31)9-10-25(17,2)27(20,29)22(32)14-26(21,3)28(15,24(34)35)38-23(33)16-5-4-6-18(12-16)30(36)37/h4-6,9-10,12-13,15,20-22,32H,7-8,11,14H2,1-3H3,(H,34,35)/t15-,20+,21+,22+,25+,26+,27+,28+/m1/s1. The maximum absolute atomic E-state index is 17.3. The second-order valence-corrected chi connectivity index (χ2v) is 11.6. The number of carboxylic acid groups (broad SMARTS) is 1. The molecule has 0 aliphatic heterocycles. The summed E-state index contributed by atoms with van der Waals surface area (Å²) in [6.45, 7) is 4.94. The number of fused-ring (bicyclic) bond motifs is 5. The number of allylic oxidation sites excluding steroid dienone is 4. The van der Waals surface area contributed by atoms with Crippen molar-refractivity contribution in [1.82, 2.24) is 0 Å². The number of nitro benzene ring substituents is 1. The lowest BCUT2D eigenvalue weighted by atomic mass is 9.44. The Morgan fingerprint density at radius 3 is 2.61 bits per heavy atom. The maximum atomic E-state index is 17.3. The number of nitro groups is 1. The van der Waals surface area contributed by atoms with Gasteiger partial charge in [0.1, 0.15) is 0 Å². The van der Waals surface area contributed by atoms with E-state index in [1.807, 2.05) is 0 Å². The van der Waals surface area contributed by atoms with E-state index in [9.17, 15) is 34.7 Å². The Morgan fingerprint density at radius 1 is 1.24 bits per heavy atom. The number of halogens is 1. The minimum atomic E-state index is -2.16. The lowest BCUT2D eigenvalue weighted by molar-refractivity contribution is -0.384. The van der Waals surface area contributed by atoms with Crippen LogP contribution in [-0.2, 0) is 14.3 Å². The van der Waals surface area contributed by atoms with Crippen molar-refractivity contribution in [3.63, 3.8) is 0 Å². The summed E-state index contributed by atoms with van der Waals surface area (Å²) in [4.78, 5) is 48.8. The van der Waals surface area contributed by atoms with Gasteiger partial charge in [-0.15, -0.1) is 0 Å². The van der Waals surface area contributed by atoms with E-state index < -0.39 is 62.8 Å². The quantitative estimate of drug-likeness (QED) is 0.337. The van der Waals surface area contributed by atoms with E-state index in [1.165, 1.54) is 36.4 Å². The molecule has 0 unspecified atom stereocenters. The van der Waals surface area contributed by atoms with Gasteiger partial charge in [0.15, 0.2) is 11.5 Å². The first-order valence-corrected chi connectivity index (χ1v) is 12.7. The van der Waals surface area contributed by atoms with Crippen LogP contribution in [-0.4, -0.2) is 50.2 Å². The van der Waals surface area contributed by atoms with Crippen LogP contribution in [0.25, 0.3) is 0 Å². The summed E-state index contributed by atoms with van der Waals surface area (Å²) < 4.78 is 23.1. The van der Waals surface area contributed by atoms with Crippen molar-refractivity contribution in [3.8, 4) is 0 Å². The van der Waals surface area contributed by atoms with Crippen LogP contribution in [0.15, 0.2) is 48.1 Å². The van der Waals surface area contributed by atoms with Gasteiger partial charge in [0.05, 0.1) is 16.6 Å². The van der Waals surface area contributed by atoms with Gasteiger partial charge in [0, 0.05) is 34.8 Å². The SMILES string of the molecule is C[C@@H]1C[C@H]2[C@@H]3CCC4=CC(=O)C=C[C@]4(C)[C@@]3(F)[C@@H](O)C[C@]2(C)[C@@]1(OC(=O)c1cccc([N+](=O)[O-])c1)C(=O)O.